The molecule has 0 N–H and O–H groups in total. The summed E-state index contributed by atoms with van der Waals surface area (Å²) in [5.74, 6) is 0. The van der Waals surface area contributed by atoms with E-state index in [1.807, 2.05) is 68.0 Å². The van der Waals surface area contributed by atoms with Gasteiger partial charge in [-0.15, -0.1) is 68.0 Å². The Morgan fingerprint density at radius 3 is 1.37 bits per heavy atom. The van der Waals surface area contributed by atoms with Crippen LogP contribution in [-0.4, -0.2) is 0 Å². The number of thiophene rings is 6. The van der Waals surface area contributed by atoms with Gasteiger partial charge in [-0.1, -0.05) is 0 Å². The summed E-state index contributed by atoms with van der Waals surface area (Å²) in [6.45, 7) is 4.37. The predicted molar refractivity (Wildman–Crippen MR) is 144 cm³/mol. The zero-order chi connectivity index (χ0) is 20.0. The van der Waals surface area contributed by atoms with Crippen molar-refractivity contribution in [3.63, 3.8) is 0 Å². The van der Waals surface area contributed by atoms with Crippen LogP contribution in [0.2, 0.25) is 0 Å². The van der Waals surface area contributed by atoms with Crippen LogP contribution >= 0.6 is 68.0 Å². The van der Waals surface area contributed by atoms with E-state index in [9.17, 15) is 0 Å². The summed E-state index contributed by atoms with van der Waals surface area (Å²) in [4.78, 5) is 8.34. The van der Waals surface area contributed by atoms with Gasteiger partial charge in [-0.25, -0.2) is 0 Å². The molecule has 6 aromatic heterocycles. The Balaban J connectivity index is 1.44. The SMILES string of the molecule is Cc1ccc(-c2cc3sc4cc5sc6cc(-c7ccc(C)s7)sc6c5cc4c3s2)s1. The van der Waals surface area contributed by atoms with Gasteiger partial charge in [-0.05, 0) is 62.4 Å². The molecule has 0 bridgehead atoms. The van der Waals surface area contributed by atoms with Crippen LogP contribution in [0.3, 0.4) is 0 Å². The molecule has 0 radical (unpaired) electrons. The molecule has 6 heteroatoms. The lowest BCUT2D eigenvalue weighted by Gasteiger charge is -1.94. The quantitative estimate of drug-likeness (QED) is 0.224. The molecular formula is C24H14S6. The third kappa shape index (κ3) is 2.65. The maximum Gasteiger partial charge on any atom is 0.0536 e. The molecule has 0 spiro atoms. The Kier molecular flexibility index (Phi) is 3.90. The van der Waals surface area contributed by atoms with Crippen molar-refractivity contribution < 1.29 is 0 Å². The predicted octanol–water partition coefficient (Wildman–Crippen LogP) is 10.6. The van der Waals surface area contributed by atoms with Crippen molar-refractivity contribution in [3.05, 3.63) is 58.3 Å². The monoisotopic (exact) mass is 494 g/mol. The lowest BCUT2D eigenvalue weighted by molar-refractivity contribution is 1.64. The van der Waals surface area contributed by atoms with Crippen LogP contribution in [0, 0.1) is 13.8 Å². The summed E-state index contributed by atoms with van der Waals surface area (Å²) in [5, 5.41) is 2.85. The van der Waals surface area contributed by atoms with E-state index in [0.717, 1.165) is 0 Å². The molecule has 0 fully saturated rings. The van der Waals surface area contributed by atoms with Crippen molar-refractivity contribution in [1.29, 1.82) is 0 Å². The van der Waals surface area contributed by atoms with E-state index in [1.165, 1.54) is 68.2 Å². The molecule has 0 amide bonds. The molecule has 0 aliphatic rings. The number of aryl methyl sites for hydroxylation is 2. The number of rotatable bonds is 2. The largest absolute Gasteiger partial charge is 0.140 e. The van der Waals surface area contributed by atoms with Crippen LogP contribution in [0.5, 0.6) is 0 Å². The molecule has 0 aliphatic carbocycles. The third-order valence-corrected chi connectivity index (χ3v) is 12.6. The minimum absolute atomic E-state index is 1.38. The highest BCUT2D eigenvalue weighted by Gasteiger charge is 2.16. The second-order valence-electron chi connectivity index (χ2n) is 7.48. The summed E-state index contributed by atoms with van der Waals surface area (Å²) < 4.78 is 8.57. The molecule has 0 unspecified atom stereocenters. The van der Waals surface area contributed by atoms with Crippen LogP contribution in [0.25, 0.3) is 58.5 Å². The van der Waals surface area contributed by atoms with Crippen molar-refractivity contribution in [3.8, 4) is 19.5 Å². The zero-order valence-electron chi connectivity index (χ0n) is 16.1. The summed E-state index contributed by atoms with van der Waals surface area (Å²) in [6, 6.07) is 18.6. The van der Waals surface area contributed by atoms with E-state index in [2.05, 4.69) is 62.4 Å². The van der Waals surface area contributed by atoms with Crippen LogP contribution in [-0.2, 0) is 0 Å². The van der Waals surface area contributed by atoms with Gasteiger partial charge >= 0.3 is 0 Å². The first-order chi connectivity index (χ1) is 14.6. The van der Waals surface area contributed by atoms with E-state index in [-0.39, 0.29) is 0 Å². The van der Waals surface area contributed by atoms with Crippen LogP contribution < -0.4 is 0 Å². The Bertz CT molecular complexity index is 1600. The van der Waals surface area contributed by atoms with Crippen molar-refractivity contribution >= 4 is 107 Å². The van der Waals surface area contributed by atoms with E-state index in [4.69, 9.17) is 0 Å². The van der Waals surface area contributed by atoms with Crippen molar-refractivity contribution in [2.45, 2.75) is 13.8 Å². The molecule has 0 nitrogen and oxygen atoms in total. The summed E-state index contributed by atoms with van der Waals surface area (Å²) >= 11 is 11.6. The van der Waals surface area contributed by atoms with Gasteiger partial charge in [0.15, 0.2) is 0 Å². The van der Waals surface area contributed by atoms with Gasteiger partial charge in [-0.2, -0.15) is 0 Å². The highest BCUT2D eigenvalue weighted by Crippen LogP contribution is 2.49. The topological polar surface area (TPSA) is 0 Å². The first-order valence-corrected chi connectivity index (χ1v) is 14.5. The molecule has 0 aliphatic heterocycles. The summed E-state index contributed by atoms with van der Waals surface area (Å²) in [6.07, 6.45) is 0. The molecule has 0 atom stereocenters. The van der Waals surface area contributed by atoms with Gasteiger partial charge in [0.05, 0.1) is 9.40 Å². The molecule has 30 heavy (non-hydrogen) atoms. The Morgan fingerprint density at radius 2 is 0.933 bits per heavy atom. The molecule has 7 aromatic rings. The van der Waals surface area contributed by atoms with Gasteiger partial charge in [0, 0.05) is 58.8 Å². The summed E-state index contributed by atoms with van der Waals surface area (Å²) in [5.41, 5.74) is 0. The number of fused-ring (bicyclic) bond motifs is 6. The fourth-order valence-corrected chi connectivity index (χ4v) is 11.0. The van der Waals surface area contributed by atoms with Crippen LogP contribution in [0.15, 0.2) is 48.5 Å². The van der Waals surface area contributed by atoms with Crippen molar-refractivity contribution in [2.24, 2.45) is 0 Å². The van der Waals surface area contributed by atoms with Crippen molar-refractivity contribution in [1.82, 2.24) is 0 Å². The standard InChI is InChI=1S/C24H14S6/c1-11-3-5-15(25-11)19-9-21-23(29-19)13-7-14-18(8-17(13)27-21)28-22-10-20(30-24(14)22)16-6-4-12(2)26-16/h3-10H,1-2H3. The van der Waals surface area contributed by atoms with E-state index in [1.54, 1.807) is 0 Å². The Hall–Kier alpha value is -1.54. The zero-order valence-corrected chi connectivity index (χ0v) is 21.0. The van der Waals surface area contributed by atoms with E-state index < -0.39 is 0 Å². The average molecular weight is 495 g/mol. The third-order valence-electron chi connectivity index (χ3n) is 5.37. The molecule has 0 saturated heterocycles. The highest BCUT2D eigenvalue weighted by molar-refractivity contribution is 7.36. The minimum Gasteiger partial charge on any atom is -0.140 e. The van der Waals surface area contributed by atoms with E-state index in [0.29, 0.717) is 0 Å². The second-order valence-corrected chi connectivity index (χ2v) is 14.3. The first kappa shape index (κ1) is 18.1. The smallest absolute Gasteiger partial charge is 0.0536 e. The maximum atomic E-state index is 2.46. The van der Waals surface area contributed by atoms with Crippen molar-refractivity contribution in [2.75, 3.05) is 0 Å². The second kappa shape index (κ2) is 6.48. The van der Waals surface area contributed by atoms with Gasteiger partial charge < -0.3 is 0 Å². The molecular weight excluding hydrogens is 481 g/mol. The molecule has 0 saturated carbocycles. The lowest BCUT2D eigenvalue weighted by Crippen LogP contribution is -1.65. The fraction of sp³-hybridized carbons (Fsp3) is 0.0833. The van der Waals surface area contributed by atoms with Gasteiger partial charge in [0.1, 0.15) is 0 Å². The minimum atomic E-state index is 1.38. The Morgan fingerprint density at radius 1 is 0.433 bits per heavy atom. The fourth-order valence-electron chi connectivity index (χ4n) is 3.97. The maximum absolute atomic E-state index is 2.46. The molecule has 1 aromatic carbocycles. The molecule has 6 heterocycles. The van der Waals surface area contributed by atoms with Gasteiger partial charge in [0.25, 0.3) is 0 Å². The number of hydrogen-bond acceptors (Lipinski definition) is 6. The normalized spacial score (nSPS) is 12.3. The van der Waals surface area contributed by atoms with Gasteiger partial charge in [-0.3, -0.25) is 0 Å². The average Bonchev–Trinajstić information content (AvgIpc) is 3.49. The van der Waals surface area contributed by atoms with Crippen LogP contribution in [0.1, 0.15) is 9.75 Å². The summed E-state index contributed by atoms with van der Waals surface area (Å²) in [7, 11) is 0. The highest BCUT2D eigenvalue weighted by atomic mass is 32.1. The Labute approximate surface area is 197 Å². The van der Waals surface area contributed by atoms with E-state index >= 15 is 0 Å². The molecule has 146 valence electrons. The number of hydrogen-bond donors (Lipinski definition) is 0. The first-order valence-electron chi connectivity index (χ1n) is 9.58. The van der Waals surface area contributed by atoms with Gasteiger partial charge in [0.2, 0.25) is 0 Å². The van der Waals surface area contributed by atoms with Crippen LogP contribution in [0.4, 0.5) is 0 Å². The lowest BCUT2D eigenvalue weighted by atomic mass is 10.2. The number of benzene rings is 1. The molecule has 7 rings (SSSR count).